The molecule has 0 fully saturated rings. The molecule has 1 amide bonds. The van der Waals surface area contributed by atoms with Gasteiger partial charge < -0.3 is 15.5 Å². The highest BCUT2D eigenvalue weighted by atomic mass is 16.3. The Morgan fingerprint density at radius 1 is 0.941 bits per heavy atom. The summed E-state index contributed by atoms with van der Waals surface area (Å²) in [6, 6.07) is 12.3. The monoisotopic (exact) mass is 229 g/mol. The summed E-state index contributed by atoms with van der Waals surface area (Å²) in [4.78, 5) is 11.8. The zero-order chi connectivity index (χ0) is 12.3. The molecule has 0 saturated heterocycles. The molecule has 0 bridgehead atoms. The van der Waals surface area contributed by atoms with Gasteiger partial charge in [0.25, 0.3) is 5.91 Å². The molecule has 0 aliphatic carbocycles. The van der Waals surface area contributed by atoms with E-state index in [9.17, 15) is 15.0 Å². The number of hydrogen-bond acceptors (Lipinski definition) is 3. The van der Waals surface area contributed by atoms with E-state index in [1.54, 1.807) is 24.3 Å². The van der Waals surface area contributed by atoms with Crippen LogP contribution in [-0.4, -0.2) is 16.1 Å². The first-order chi connectivity index (χ1) is 8.15. The van der Waals surface area contributed by atoms with E-state index in [-0.39, 0.29) is 17.4 Å². The van der Waals surface area contributed by atoms with E-state index in [1.165, 1.54) is 24.3 Å². The van der Waals surface area contributed by atoms with Crippen molar-refractivity contribution in [2.75, 3.05) is 5.32 Å². The highest BCUT2D eigenvalue weighted by Gasteiger charge is 2.06. The molecular weight excluding hydrogens is 218 g/mol. The van der Waals surface area contributed by atoms with Crippen molar-refractivity contribution in [3.05, 3.63) is 54.1 Å². The summed E-state index contributed by atoms with van der Waals surface area (Å²) in [5, 5.41) is 21.1. The fourth-order valence-corrected chi connectivity index (χ4v) is 1.43. The normalized spacial score (nSPS) is 9.88. The van der Waals surface area contributed by atoms with Gasteiger partial charge >= 0.3 is 0 Å². The molecule has 0 heterocycles. The molecule has 0 aromatic heterocycles. The number of aromatic hydroxyl groups is 2. The van der Waals surface area contributed by atoms with Crippen LogP contribution in [0.25, 0.3) is 0 Å². The lowest BCUT2D eigenvalue weighted by Gasteiger charge is -2.05. The number of benzene rings is 2. The van der Waals surface area contributed by atoms with Gasteiger partial charge in [-0.3, -0.25) is 4.79 Å². The minimum Gasteiger partial charge on any atom is -0.508 e. The largest absolute Gasteiger partial charge is 0.508 e. The van der Waals surface area contributed by atoms with Crippen molar-refractivity contribution in [2.24, 2.45) is 0 Å². The number of anilines is 1. The van der Waals surface area contributed by atoms with Gasteiger partial charge in [0, 0.05) is 17.3 Å². The average molecular weight is 229 g/mol. The first-order valence-corrected chi connectivity index (χ1v) is 5.04. The van der Waals surface area contributed by atoms with Crippen molar-refractivity contribution >= 4 is 11.6 Å². The molecule has 0 atom stereocenters. The van der Waals surface area contributed by atoms with Crippen molar-refractivity contribution in [1.29, 1.82) is 0 Å². The molecule has 2 aromatic rings. The van der Waals surface area contributed by atoms with Crippen LogP contribution in [0.1, 0.15) is 10.4 Å². The molecule has 4 nitrogen and oxygen atoms in total. The Morgan fingerprint density at radius 3 is 2.24 bits per heavy atom. The Morgan fingerprint density at radius 2 is 1.59 bits per heavy atom. The molecule has 2 aromatic carbocycles. The summed E-state index contributed by atoms with van der Waals surface area (Å²) in [6.45, 7) is 0. The van der Waals surface area contributed by atoms with Gasteiger partial charge in [-0.2, -0.15) is 0 Å². The third-order valence-electron chi connectivity index (χ3n) is 2.21. The summed E-state index contributed by atoms with van der Waals surface area (Å²) in [5.41, 5.74) is 0.853. The van der Waals surface area contributed by atoms with Gasteiger partial charge in [-0.1, -0.05) is 12.1 Å². The number of nitrogens with one attached hydrogen (secondary N) is 1. The van der Waals surface area contributed by atoms with Gasteiger partial charge in [-0.05, 0) is 30.3 Å². The van der Waals surface area contributed by atoms with Crippen molar-refractivity contribution in [3.8, 4) is 11.5 Å². The van der Waals surface area contributed by atoms with Crippen molar-refractivity contribution in [3.63, 3.8) is 0 Å². The van der Waals surface area contributed by atoms with E-state index in [2.05, 4.69) is 5.32 Å². The molecule has 86 valence electrons. The molecule has 0 aliphatic rings. The van der Waals surface area contributed by atoms with E-state index < -0.39 is 0 Å². The second kappa shape index (κ2) is 4.57. The number of rotatable bonds is 2. The van der Waals surface area contributed by atoms with Crippen molar-refractivity contribution in [1.82, 2.24) is 0 Å². The van der Waals surface area contributed by atoms with Crippen molar-refractivity contribution < 1.29 is 15.0 Å². The van der Waals surface area contributed by atoms with Gasteiger partial charge in [-0.15, -0.1) is 0 Å². The summed E-state index contributed by atoms with van der Waals surface area (Å²) < 4.78 is 0. The quantitative estimate of drug-likeness (QED) is 0.740. The topological polar surface area (TPSA) is 69.6 Å². The summed E-state index contributed by atoms with van der Waals surface area (Å²) >= 11 is 0. The lowest BCUT2D eigenvalue weighted by molar-refractivity contribution is 0.102. The van der Waals surface area contributed by atoms with Gasteiger partial charge in [-0.25, -0.2) is 0 Å². The number of carbonyl (C=O) groups excluding carboxylic acids is 1. The molecule has 0 radical (unpaired) electrons. The lowest BCUT2D eigenvalue weighted by atomic mass is 10.2. The smallest absolute Gasteiger partial charge is 0.255 e. The van der Waals surface area contributed by atoms with Crippen LogP contribution < -0.4 is 5.32 Å². The second-order valence-electron chi connectivity index (χ2n) is 3.55. The van der Waals surface area contributed by atoms with Crippen LogP contribution in [0.2, 0.25) is 0 Å². The standard InChI is InChI=1S/C13H11NO3/c15-11-5-1-3-9(7-11)13(17)14-10-4-2-6-12(16)8-10/h1-8,15-16H,(H,14,17). The van der Waals surface area contributed by atoms with Crippen LogP contribution >= 0.6 is 0 Å². The fraction of sp³-hybridized carbons (Fsp3) is 0. The molecule has 0 saturated carbocycles. The number of phenolic OH excluding ortho intramolecular Hbond substituents is 2. The zero-order valence-corrected chi connectivity index (χ0v) is 8.92. The Balaban J connectivity index is 2.17. The predicted molar refractivity (Wildman–Crippen MR) is 64.2 cm³/mol. The Hall–Kier alpha value is -2.49. The van der Waals surface area contributed by atoms with E-state index in [4.69, 9.17) is 0 Å². The molecule has 2 rings (SSSR count). The highest BCUT2D eigenvalue weighted by molar-refractivity contribution is 6.04. The third kappa shape index (κ3) is 2.75. The van der Waals surface area contributed by atoms with Crippen LogP contribution in [0.5, 0.6) is 11.5 Å². The summed E-state index contributed by atoms with van der Waals surface area (Å²) in [5.74, 6) is -0.223. The van der Waals surface area contributed by atoms with Crippen LogP contribution in [0, 0.1) is 0 Å². The van der Waals surface area contributed by atoms with E-state index in [1.807, 2.05) is 0 Å². The average Bonchev–Trinajstić information content (AvgIpc) is 2.29. The Bertz CT molecular complexity index is 552. The zero-order valence-electron chi connectivity index (χ0n) is 8.92. The maximum atomic E-state index is 11.8. The second-order valence-corrected chi connectivity index (χ2v) is 3.55. The Kier molecular flexibility index (Phi) is 2.96. The van der Waals surface area contributed by atoms with E-state index in [0.717, 1.165) is 0 Å². The molecule has 0 aliphatic heterocycles. The highest BCUT2D eigenvalue weighted by Crippen LogP contribution is 2.17. The van der Waals surface area contributed by atoms with E-state index in [0.29, 0.717) is 11.3 Å². The number of phenols is 2. The van der Waals surface area contributed by atoms with Crippen LogP contribution in [-0.2, 0) is 0 Å². The first-order valence-electron chi connectivity index (χ1n) is 5.04. The third-order valence-corrected chi connectivity index (χ3v) is 2.21. The van der Waals surface area contributed by atoms with Gasteiger partial charge in [0.2, 0.25) is 0 Å². The first kappa shape index (κ1) is 11.0. The van der Waals surface area contributed by atoms with Crippen molar-refractivity contribution in [2.45, 2.75) is 0 Å². The fourth-order valence-electron chi connectivity index (χ4n) is 1.43. The predicted octanol–water partition coefficient (Wildman–Crippen LogP) is 2.35. The maximum Gasteiger partial charge on any atom is 0.255 e. The van der Waals surface area contributed by atoms with Gasteiger partial charge in [0.05, 0.1) is 0 Å². The maximum absolute atomic E-state index is 11.8. The molecule has 0 unspecified atom stereocenters. The van der Waals surface area contributed by atoms with Gasteiger partial charge in [0.1, 0.15) is 11.5 Å². The van der Waals surface area contributed by atoms with Crippen LogP contribution in [0.3, 0.4) is 0 Å². The lowest BCUT2D eigenvalue weighted by Crippen LogP contribution is -2.11. The minimum atomic E-state index is -0.341. The van der Waals surface area contributed by atoms with Crippen LogP contribution in [0.15, 0.2) is 48.5 Å². The molecule has 17 heavy (non-hydrogen) atoms. The molecule has 4 heteroatoms. The number of amides is 1. The van der Waals surface area contributed by atoms with Crippen LogP contribution in [0.4, 0.5) is 5.69 Å². The minimum absolute atomic E-state index is 0.0357. The summed E-state index contributed by atoms with van der Waals surface area (Å²) in [7, 11) is 0. The summed E-state index contributed by atoms with van der Waals surface area (Å²) in [6.07, 6.45) is 0. The molecule has 0 spiro atoms. The van der Waals surface area contributed by atoms with E-state index >= 15 is 0 Å². The molecular formula is C13H11NO3. The number of hydrogen-bond donors (Lipinski definition) is 3. The molecule has 3 N–H and O–H groups in total. The Labute approximate surface area is 98.2 Å². The number of carbonyl (C=O) groups is 1. The SMILES string of the molecule is O=C(Nc1cccc(O)c1)c1cccc(O)c1. The van der Waals surface area contributed by atoms with Gasteiger partial charge in [0.15, 0.2) is 0 Å².